The average Bonchev–Trinajstić information content (AvgIpc) is 2.52. The van der Waals surface area contributed by atoms with Crippen LogP contribution in [0.25, 0.3) is 0 Å². The van der Waals surface area contributed by atoms with E-state index in [1.54, 1.807) is 24.3 Å². The fraction of sp³-hybridized carbons (Fsp3) is 0.500. The fourth-order valence-electron chi connectivity index (χ4n) is 2.05. The van der Waals surface area contributed by atoms with Gasteiger partial charge in [0.25, 0.3) is 0 Å². The number of benzene rings is 1. The van der Waals surface area contributed by atoms with Crippen LogP contribution in [-0.2, 0) is 25.6 Å². The Morgan fingerprint density at radius 3 is 2.43 bits per heavy atom. The maximum absolute atomic E-state index is 11.9. The van der Waals surface area contributed by atoms with Crippen molar-refractivity contribution in [3.8, 4) is 0 Å². The molecule has 1 aromatic carbocycles. The highest BCUT2D eigenvalue weighted by Crippen LogP contribution is 2.22. The smallest absolute Gasteiger partial charge is 0.338 e. The van der Waals surface area contributed by atoms with Gasteiger partial charge < -0.3 is 29.5 Å². The lowest BCUT2D eigenvalue weighted by Gasteiger charge is -2.38. The molecule has 0 spiro atoms. The van der Waals surface area contributed by atoms with Gasteiger partial charge in [0.1, 0.15) is 24.9 Å². The monoisotopic (exact) mass is 298 g/mol. The average molecular weight is 298 g/mol. The second-order valence-corrected chi connectivity index (χ2v) is 4.73. The van der Waals surface area contributed by atoms with Crippen LogP contribution in [0.4, 0.5) is 0 Å². The van der Waals surface area contributed by atoms with Crippen LogP contribution in [0.3, 0.4) is 0 Å². The molecule has 7 heteroatoms. The molecule has 116 valence electrons. The van der Waals surface area contributed by atoms with E-state index in [4.69, 9.17) is 14.2 Å². The van der Waals surface area contributed by atoms with E-state index in [0.717, 1.165) is 5.56 Å². The number of methoxy groups -OCH3 is 1. The molecule has 0 aliphatic carbocycles. The van der Waals surface area contributed by atoms with E-state index in [-0.39, 0.29) is 6.61 Å². The minimum Gasteiger partial charge on any atom is -0.459 e. The fourth-order valence-corrected chi connectivity index (χ4v) is 2.05. The predicted molar refractivity (Wildman–Crippen MR) is 69.9 cm³/mol. The lowest BCUT2D eigenvalue weighted by Crippen LogP contribution is -2.60. The normalized spacial score (nSPS) is 32.7. The quantitative estimate of drug-likeness (QED) is 0.624. The molecule has 2 rings (SSSR count). The summed E-state index contributed by atoms with van der Waals surface area (Å²) in [6.45, 7) is 0.0164. The number of hydrogen-bond acceptors (Lipinski definition) is 7. The van der Waals surface area contributed by atoms with Gasteiger partial charge in [-0.25, -0.2) is 4.79 Å². The lowest BCUT2D eigenvalue weighted by atomic mass is 9.99. The van der Waals surface area contributed by atoms with Crippen LogP contribution in [0.2, 0.25) is 0 Å². The first-order chi connectivity index (χ1) is 10.0. The van der Waals surface area contributed by atoms with Crippen molar-refractivity contribution in [1.82, 2.24) is 0 Å². The number of carbonyl (C=O) groups is 1. The Balaban J connectivity index is 1.97. The zero-order chi connectivity index (χ0) is 15.4. The number of esters is 1. The summed E-state index contributed by atoms with van der Waals surface area (Å²) < 4.78 is 15.0. The molecule has 1 fully saturated rings. The first kappa shape index (κ1) is 15.9. The molecule has 0 bridgehead atoms. The molecule has 0 aromatic heterocycles. The van der Waals surface area contributed by atoms with Crippen LogP contribution < -0.4 is 0 Å². The van der Waals surface area contributed by atoms with E-state index in [1.165, 1.54) is 7.11 Å². The minimum absolute atomic E-state index is 0.0164. The van der Waals surface area contributed by atoms with E-state index >= 15 is 0 Å². The molecule has 0 unspecified atom stereocenters. The molecule has 5 atom stereocenters. The summed E-state index contributed by atoms with van der Waals surface area (Å²) in [7, 11) is 1.25. The molecule has 1 aromatic rings. The first-order valence-corrected chi connectivity index (χ1v) is 6.47. The van der Waals surface area contributed by atoms with Gasteiger partial charge in [0.05, 0.1) is 0 Å². The van der Waals surface area contributed by atoms with Gasteiger partial charge in [-0.05, 0) is 5.56 Å². The highest BCUT2D eigenvalue weighted by atomic mass is 16.7. The molecule has 0 saturated carbocycles. The van der Waals surface area contributed by atoms with Crippen LogP contribution in [-0.4, -0.2) is 59.1 Å². The zero-order valence-electron chi connectivity index (χ0n) is 11.5. The van der Waals surface area contributed by atoms with Crippen molar-refractivity contribution in [2.24, 2.45) is 0 Å². The van der Waals surface area contributed by atoms with Gasteiger partial charge in [-0.2, -0.15) is 0 Å². The summed E-state index contributed by atoms with van der Waals surface area (Å²) in [5.41, 5.74) is 0.778. The van der Waals surface area contributed by atoms with Crippen LogP contribution in [0.1, 0.15) is 5.56 Å². The third kappa shape index (κ3) is 3.58. The zero-order valence-corrected chi connectivity index (χ0v) is 11.5. The van der Waals surface area contributed by atoms with E-state index in [2.05, 4.69) is 0 Å². The largest absolute Gasteiger partial charge is 0.459 e. The van der Waals surface area contributed by atoms with E-state index in [0.29, 0.717) is 0 Å². The Hall–Kier alpha value is -1.51. The number of hydrogen-bond donors (Lipinski definition) is 3. The summed E-state index contributed by atoms with van der Waals surface area (Å²) in [6.07, 6.45) is -7.22. The maximum Gasteiger partial charge on any atom is 0.338 e. The van der Waals surface area contributed by atoms with Gasteiger partial charge in [-0.15, -0.1) is 0 Å². The van der Waals surface area contributed by atoms with Gasteiger partial charge >= 0.3 is 5.97 Å². The standard InChI is InChI=1S/C14H18O7/c1-19-14-11(17)9(15)10(16)12(21-14)13(18)20-7-8-5-3-2-4-6-8/h2-6,9-12,14-17H,7H2,1H3/t9-,10-,11+,12-,14-/m0/s1. The van der Waals surface area contributed by atoms with Gasteiger partial charge in [0, 0.05) is 7.11 Å². The molecule has 7 nitrogen and oxygen atoms in total. The predicted octanol–water partition coefficient (Wildman–Crippen LogP) is -0.816. The number of aliphatic hydroxyl groups excluding tert-OH is 3. The van der Waals surface area contributed by atoms with Crippen molar-refractivity contribution in [3.05, 3.63) is 35.9 Å². The summed E-state index contributed by atoms with van der Waals surface area (Å²) >= 11 is 0. The highest BCUT2D eigenvalue weighted by Gasteiger charge is 2.47. The van der Waals surface area contributed by atoms with Crippen molar-refractivity contribution in [1.29, 1.82) is 0 Å². The molecular formula is C14H18O7. The Kier molecular flexibility index (Phi) is 5.27. The van der Waals surface area contributed by atoms with Crippen molar-refractivity contribution in [2.45, 2.75) is 37.3 Å². The molecule has 3 N–H and O–H groups in total. The van der Waals surface area contributed by atoms with E-state index in [1.807, 2.05) is 6.07 Å². The minimum atomic E-state index is -1.59. The van der Waals surface area contributed by atoms with E-state index < -0.39 is 36.7 Å². The molecule has 1 aliphatic rings. The highest BCUT2D eigenvalue weighted by molar-refractivity contribution is 5.75. The summed E-state index contributed by atoms with van der Waals surface area (Å²) in [5, 5.41) is 29.1. The second-order valence-electron chi connectivity index (χ2n) is 4.73. The van der Waals surface area contributed by atoms with Gasteiger partial charge in [-0.1, -0.05) is 30.3 Å². The Morgan fingerprint density at radius 1 is 1.14 bits per heavy atom. The summed E-state index contributed by atoms with van der Waals surface area (Å²) in [6, 6.07) is 9.00. The first-order valence-electron chi connectivity index (χ1n) is 6.47. The van der Waals surface area contributed by atoms with Gasteiger partial charge in [-0.3, -0.25) is 0 Å². The van der Waals surface area contributed by atoms with Crippen molar-refractivity contribution < 1.29 is 34.3 Å². The van der Waals surface area contributed by atoms with Crippen LogP contribution in [0.15, 0.2) is 30.3 Å². The maximum atomic E-state index is 11.9. The Bertz CT molecular complexity index is 462. The number of rotatable bonds is 4. The molecule has 0 radical (unpaired) electrons. The Morgan fingerprint density at radius 2 is 1.81 bits per heavy atom. The van der Waals surface area contributed by atoms with Crippen LogP contribution >= 0.6 is 0 Å². The van der Waals surface area contributed by atoms with Crippen molar-refractivity contribution >= 4 is 5.97 Å². The van der Waals surface area contributed by atoms with Crippen molar-refractivity contribution in [2.75, 3.05) is 7.11 Å². The number of ether oxygens (including phenoxy) is 3. The van der Waals surface area contributed by atoms with Gasteiger partial charge in [0.2, 0.25) is 0 Å². The Labute approximate surface area is 121 Å². The molecule has 1 saturated heterocycles. The summed E-state index contributed by atoms with van der Waals surface area (Å²) in [4.78, 5) is 11.9. The number of carbonyl (C=O) groups excluding carboxylic acids is 1. The molecule has 21 heavy (non-hydrogen) atoms. The van der Waals surface area contributed by atoms with Crippen LogP contribution in [0.5, 0.6) is 0 Å². The molecular weight excluding hydrogens is 280 g/mol. The lowest BCUT2D eigenvalue weighted by molar-refractivity contribution is -0.288. The third-order valence-corrected chi connectivity index (χ3v) is 3.26. The van der Waals surface area contributed by atoms with E-state index in [9.17, 15) is 20.1 Å². The van der Waals surface area contributed by atoms with Gasteiger partial charge in [0.15, 0.2) is 12.4 Å². The summed E-state index contributed by atoms with van der Waals surface area (Å²) in [5.74, 6) is -0.834. The van der Waals surface area contributed by atoms with Crippen molar-refractivity contribution in [3.63, 3.8) is 0 Å². The SMILES string of the molecule is CO[C@H]1O[C@H](C(=O)OCc2ccccc2)[C@@H](O)[C@H](O)[C@H]1O. The molecule has 0 amide bonds. The second kappa shape index (κ2) is 6.97. The number of aliphatic hydroxyl groups is 3. The molecule has 1 heterocycles. The molecule has 1 aliphatic heterocycles. The topological polar surface area (TPSA) is 105 Å². The third-order valence-electron chi connectivity index (χ3n) is 3.26. The van der Waals surface area contributed by atoms with Crippen LogP contribution in [0, 0.1) is 0 Å².